The highest BCUT2D eigenvalue weighted by Crippen LogP contribution is 2.33. The van der Waals surface area contributed by atoms with Crippen LogP contribution in [-0.2, 0) is 0 Å². The lowest BCUT2D eigenvalue weighted by atomic mass is 10.1. The summed E-state index contributed by atoms with van der Waals surface area (Å²) in [7, 11) is 0. The Balaban J connectivity index is 2.20. The summed E-state index contributed by atoms with van der Waals surface area (Å²) in [4.78, 5) is 8.02. The fourth-order valence-electron chi connectivity index (χ4n) is 2.13. The Labute approximate surface area is 133 Å². The fourth-order valence-corrected chi connectivity index (χ4v) is 3.31. The van der Waals surface area contributed by atoms with Gasteiger partial charge in [-0.1, -0.05) is 0 Å². The van der Waals surface area contributed by atoms with Crippen molar-refractivity contribution in [3.63, 3.8) is 0 Å². The average Bonchev–Trinajstić information content (AvgIpc) is 2.79. The van der Waals surface area contributed by atoms with Crippen LogP contribution in [0.25, 0.3) is 22.4 Å². The van der Waals surface area contributed by atoms with E-state index in [1.54, 1.807) is 0 Å². The molecule has 0 atom stereocenters. The molecule has 0 bridgehead atoms. The molecule has 20 heavy (non-hydrogen) atoms. The van der Waals surface area contributed by atoms with Crippen molar-refractivity contribution in [2.24, 2.45) is 0 Å². The Hall–Kier alpha value is -1.33. The van der Waals surface area contributed by atoms with E-state index < -0.39 is 0 Å². The summed E-state index contributed by atoms with van der Waals surface area (Å²) in [6.07, 6.45) is 0. The lowest BCUT2D eigenvalue weighted by Gasteiger charge is -2.04. The van der Waals surface area contributed by atoms with E-state index in [2.05, 4.69) is 67.8 Å². The molecule has 0 saturated carbocycles. The molecule has 3 N–H and O–H groups in total. The number of nitrogen functional groups attached to an aromatic ring is 1. The van der Waals surface area contributed by atoms with Gasteiger partial charge in [-0.3, -0.25) is 0 Å². The van der Waals surface area contributed by atoms with Crippen molar-refractivity contribution in [2.45, 2.75) is 13.8 Å². The van der Waals surface area contributed by atoms with E-state index in [1.807, 2.05) is 12.1 Å². The number of nitrogens with zero attached hydrogens (tertiary/aromatic N) is 1. The fraction of sp³-hybridized carbons (Fsp3) is 0.133. The van der Waals surface area contributed by atoms with Crippen molar-refractivity contribution in [1.82, 2.24) is 9.97 Å². The SMILES string of the molecule is Cc1cc2nc(-c3cc(Br)c(N)c(Br)c3)[nH]c2cc1C. The van der Waals surface area contributed by atoms with E-state index in [1.165, 1.54) is 11.1 Å². The second kappa shape index (κ2) is 4.90. The molecular weight excluding hydrogens is 382 g/mol. The lowest BCUT2D eigenvalue weighted by molar-refractivity contribution is 1.33. The minimum absolute atomic E-state index is 0.691. The second-order valence-electron chi connectivity index (χ2n) is 4.89. The third-order valence-corrected chi connectivity index (χ3v) is 4.76. The summed E-state index contributed by atoms with van der Waals surface area (Å²) in [6, 6.07) is 8.17. The molecule has 0 aliphatic rings. The Kier molecular flexibility index (Phi) is 3.34. The molecule has 3 aromatic rings. The molecule has 0 unspecified atom stereocenters. The van der Waals surface area contributed by atoms with Crippen LogP contribution in [0.4, 0.5) is 5.69 Å². The molecule has 3 nitrogen and oxygen atoms in total. The third kappa shape index (κ3) is 2.25. The van der Waals surface area contributed by atoms with Gasteiger partial charge in [-0.15, -0.1) is 0 Å². The molecule has 0 saturated heterocycles. The Bertz CT molecular complexity index is 759. The summed E-state index contributed by atoms with van der Waals surface area (Å²) >= 11 is 6.93. The molecule has 0 aliphatic heterocycles. The Morgan fingerprint density at radius 1 is 1.00 bits per heavy atom. The summed E-state index contributed by atoms with van der Waals surface area (Å²) in [5, 5.41) is 0. The number of nitrogens with one attached hydrogen (secondary N) is 1. The summed E-state index contributed by atoms with van der Waals surface area (Å²) in [5.74, 6) is 0.839. The summed E-state index contributed by atoms with van der Waals surface area (Å²) < 4.78 is 1.71. The van der Waals surface area contributed by atoms with Gasteiger partial charge in [0.25, 0.3) is 0 Å². The Morgan fingerprint density at radius 2 is 1.60 bits per heavy atom. The monoisotopic (exact) mass is 393 g/mol. The lowest BCUT2D eigenvalue weighted by Crippen LogP contribution is -1.90. The molecule has 0 amide bonds. The van der Waals surface area contributed by atoms with Crippen molar-refractivity contribution in [2.75, 3.05) is 5.73 Å². The van der Waals surface area contributed by atoms with Crippen LogP contribution in [-0.4, -0.2) is 9.97 Å². The van der Waals surface area contributed by atoms with Gasteiger partial charge < -0.3 is 10.7 Å². The van der Waals surface area contributed by atoms with E-state index in [4.69, 9.17) is 5.73 Å². The molecule has 0 spiro atoms. The molecule has 1 aromatic heterocycles. The maximum absolute atomic E-state index is 5.92. The molecule has 2 aromatic carbocycles. The number of imidazole rings is 1. The van der Waals surface area contributed by atoms with Gasteiger partial charge in [0, 0.05) is 14.5 Å². The average molecular weight is 395 g/mol. The largest absolute Gasteiger partial charge is 0.397 e. The van der Waals surface area contributed by atoms with E-state index in [-0.39, 0.29) is 0 Å². The molecule has 1 heterocycles. The number of fused-ring (bicyclic) bond motifs is 1. The highest BCUT2D eigenvalue weighted by atomic mass is 79.9. The second-order valence-corrected chi connectivity index (χ2v) is 6.60. The number of hydrogen-bond donors (Lipinski definition) is 2. The smallest absolute Gasteiger partial charge is 0.138 e. The number of aromatic nitrogens is 2. The molecule has 0 aliphatic carbocycles. The highest BCUT2D eigenvalue weighted by molar-refractivity contribution is 9.11. The number of benzene rings is 2. The van der Waals surface area contributed by atoms with Crippen LogP contribution >= 0.6 is 31.9 Å². The highest BCUT2D eigenvalue weighted by Gasteiger charge is 2.10. The summed E-state index contributed by atoms with van der Waals surface area (Å²) in [6.45, 7) is 4.20. The zero-order valence-corrected chi connectivity index (χ0v) is 14.3. The van der Waals surface area contributed by atoms with Crippen LogP contribution in [0.2, 0.25) is 0 Å². The predicted octanol–water partition coefficient (Wildman–Crippen LogP) is 4.95. The number of hydrogen-bond acceptors (Lipinski definition) is 2. The number of halogens is 2. The van der Waals surface area contributed by atoms with Crippen molar-refractivity contribution in [1.29, 1.82) is 0 Å². The van der Waals surface area contributed by atoms with Gasteiger partial charge in [-0.2, -0.15) is 0 Å². The Morgan fingerprint density at radius 3 is 2.25 bits per heavy atom. The van der Waals surface area contributed by atoms with Crippen LogP contribution in [0.5, 0.6) is 0 Å². The minimum atomic E-state index is 0.691. The molecular formula is C15H13Br2N3. The maximum Gasteiger partial charge on any atom is 0.138 e. The minimum Gasteiger partial charge on any atom is -0.397 e. The number of nitrogens with two attached hydrogens (primary N) is 1. The zero-order chi connectivity index (χ0) is 14.4. The zero-order valence-electron chi connectivity index (χ0n) is 11.1. The number of aromatic amines is 1. The van der Waals surface area contributed by atoms with Crippen LogP contribution in [0.3, 0.4) is 0 Å². The van der Waals surface area contributed by atoms with Gasteiger partial charge in [0.05, 0.1) is 16.7 Å². The number of aryl methyl sites for hydroxylation is 2. The normalized spacial score (nSPS) is 11.2. The predicted molar refractivity (Wildman–Crippen MR) is 90.8 cm³/mol. The van der Waals surface area contributed by atoms with Gasteiger partial charge in [-0.25, -0.2) is 4.98 Å². The molecule has 0 radical (unpaired) electrons. The number of rotatable bonds is 1. The standard InChI is InChI=1S/C15H13Br2N3/c1-7-3-12-13(4-8(7)2)20-15(19-12)9-5-10(16)14(18)11(17)6-9/h3-6H,18H2,1-2H3,(H,19,20). The number of H-pyrrole nitrogens is 1. The van der Waals surface area contributed by atoms with E-state index in [9.17, 15) is 0 Å². The quantitative estimate of drug-likeness (QED) is 0.573. The van der Waals surface area contributed by atoms with Crippen LogP contribution in [0.15, 0.2) is 33.2 Å². The van der Waals surface area contributed by atoms with E-state index >= 15 is 0 Å². The van der Waals surface area contributed by atoms with Gasteiger partial charge in [-0.05, 0) is 81.1 Å². The molecule has 102 valence electrons. The third-order valence-electron chi connectivity index (χ3n) is 3.45. The van der Waals surface area contributed by atoms with E-state index in [0.717, 1.165) is 31.4 Å². The first kappa shape index (κ1) is 13.6. The first-order valence-corrected chi connectivity index (χ1v) is 7.76. The van der Waals surface area contributed by atoms with Gasteiger partial charge >= 0.3 is 0 Å². The van der Waals surface area contributed by atoms with Gasteiger partial charge in [0.2, 0.25) is 0 Å². The van der Waals surface area contributed by atoms with Crippen LogP contribution < -0.4 is 5.73 Å². The van der Waals surface area contributed by atoms with Crippen molar-refractivity contribution >= 4 is 48.6 Å². The van der Waals surface area contributed by atoms with Gasteiger partial charge in [0.15, 0.2) is 0 Å². The van der Waals surface area contributed by atoms with Crippen LogP contribution in [0.1, 0.15) is 11.1 Å². The molecule has 3 rings (SSSR count). The van der Waals surface area contributed by atoms with Crippen molar-refractivity contribution in [3.05, 3.63) is 44.3 Å². The van der Waals surface area contributed by atoms with Crippen LogP contribution in [0, 0.1) is 13.8 Å². The van der Waals surface area contributed by atoms with Gasteiger partial charge in [0.1, 0.15) is 5.82 Å². The topological polar surface area (TPSA) is 54.7 Å². The first-order valence-electron chi connectivity index (χ1n) is 6.17. The molecule has 5 heteroatoms. The maximum atomic E-state index is 5.92. The first-order chi connectivity index (χ1) is 9.45. The van der Waals surface area contributed by atoms with Crippen molar-refractivity contribution < 1.29 is 0 Å². The molecule has 0 fully saturated rings. The number of anilines is 1. The van der Waals surface area contributed by atoms with Crippen molar-refractivity contribution in [3.8, 4) is 11.4 Å². The van der Waals surface area contributed by atoms with E-state index in [0.29, 0.717) is 5.69 Å². The summed E-state index contributed by atoms with van der Waals surface area (Å²) in [5.41, 5.74) is 12.1.